The predicted molar refractivity (Wildman–Crippen MR) is 78.7 cm³/mol. The fourth-order valence-corrected chi connectivity index (χ4v) is 1.75. The van der Waals surface area contributed by atoms with Crippen molar-refractivity contribution >= 4 is 23.8 Å². The van der Waals surface area contributed by atoms with Gasteiger partial charge in [0.1, 0.15) is 18.6 Å². The second kappa shape index (κ2) is 6.98. The lowest BCUT2D eigenvalue weighted by atomic mass is 10.2. The van der Waals surface area contributed by atoms with Crippen LogP contribution in [0.2, 0.25) is 0 Å². The van der Waals surface area contributed by atoms with Crippen LogP contribution in [0.5, 0.6) is 0 Å². The van der Waals surface area contributed by atoms with Crippen molar-refractivity contribution in [2.75, 3.05) is 5.32 Å². The average Bonchev–Trinajstić information content (AvgIpc) is 2.54. The summed E-state index contributed by atoms with van der Waals surface area (Å²) < 4.78 is 4.98. The van der Waals surface area contributed by atoms with Crippen LogP contribution in [0.25, 0.3) is 0 Å². The lowest BCUT2D eigenvalue weighted by Crippen LogP contribution is -2.14. The summed E-state index contributed by atoms with van der Waals surface area (Å²) in [4.78, 5) is 32.6. The van der Waals surface area contributed by atoms with Gasteiger partial charge < -0.3 is 4.74 Å². The Balaban J connectivity index is 2.05. The van der Waals surface area contributed by atoms with E-state index in [4.69, 9.17) is 4.74 Å². The Morgan fingerprint density at radius 3 is 2.59 bits per heavy atom. The molecule has 7 heteroatoms. The molecule has 22 heavy (non-hydrogen) atoms. The molecular weight excluding hydrogens is 288 g/mol. The Morgan fingerprint density at radius 1 is 1.23 bits per heavy atom. The molecule has 7 nitrogen and oxygen atoms in total. The highest BCUT2D eigenvalue weighted by Crippen LogP contribution is 2.25. The zero-order valence-corrected chi connectivity index (χ0v) is 11.4. The Morgan fingerprint density at radius 2 is 1.95 bits per heavy atom. The maximum Gasteiger partial charge on any atom is 0.412 e. The van der Waals surface area contributed by atoms with E-state index < -0.39 is 11.0 Å². The minimum absolute atomic E-state index is 0.0336. The monoisotopic (exact) mass is 300 g/mol. The summed E-state index contributed by atoms with van der Waals surface area (Å²) in [5.74, 6) is 0. The molecule has 0 unspecified atom stereocenters. The van der Waals surface area contributed by atoms with E-state index in [0.29, 0.717) is 6.29 Å². The van der Waals surface area contributed by atoms with Crippen LogP contribution in [0.3, 0.4) is 0 Å². The molecule has 0 aliphatic heterocycles. The number of anilines is 1. The molecule has 0 heterocycles. The summed E-state index contributed by atoms with van der Waals surface area (Å²) in [6, 6.07) is 12.8. The van der Waals surface area contributed by atoms with Gasteiger partial charge in [0.15, 0.2) is 0 Å². The second-order valence-corrected chi connectivity index (χ2v) is 4.34. The van der Waals surface area contributed by atoms with Gasteiger partial charge in [-0.05, 0) is 17.7 Å². The van der Waals surface area contributed by atoms with E-state index >= 15 is 0 Å². The third kappa shape index (κ3) is 3.89. The van der Waals surface area contributed by atoms with Crippen molar-refractivity contribution < 1.29 is 19.2 Å². The Labute approximate surface area is 125 Å². The van der Waals surface area contributed by atoms with Gasteiger partial charge in [0, 0.05) is 11.6 Å². The molecule has 0 spiro atoms. The van der Waals surface area contributed by atoms with Crippen LogP contribution >= 0.6 is 0 Å². The zero-order chi connectivity index (χ0) is 15.9. The van der Waals surface area contributed by atoms with Gasteiger partial charge in [0.25, 0.3) is 5.69 Å². The maximum absolute atomic E-state index is 11.7. The molecule has 0 bridgehead atoms. The smallest absolute Gasteiger partial charge is 0.412 e. The number of hydrogen-bond acceptors (Lipinski definition) is 5. The molecule has 1 N–H and O–H groups in total. The van der Waals surface area contributed by atoms with E-state index in [-0.39, 0.29) is 23.5 Å². The van der Waals surface area contributed by atoms with Crippen LogP contribution in [0.4, 0.5) is 16.2 Å². The molecule has 2 rings (SSSR count). The normalized spacial score (nSPS) is 9.82. The van der Waals surface area contributed by atoms with Gasteiger partial charge >= 0.3 is 6.09 Å². The van der Waals surface area contributed by atoms with Crippen LogP contribution in [0.15, 0.2) is 48.5 Å². The first-order valence-electron chi connectivity index (χ1n) is 6.31. The predicted octanol–water partition coefficient (Wildman–Crippen LogP) is 3.16. The third-order valence-electron chi connectivity index (χ3n) is 2.80. The molecule has 2 aromatic carbocycles. The minimum atomic E-state index is -0.814. The fraction of sp³-hybridized carbons (Fsp3) is 0.0667. The number of carbonyl (C=O) groups is 2. The third-order valence-corrected chi connectivity index (χ3v) is 2.80. The molecule has 0 aromatic heterocycles. The number of carbonyl (C=O) groups excluding carboxylic acids is 2. The van der Waals surface area contributed by atoms with Gasteiger partial charge in [-0.25, -0.2) is 4.79 Å². The van der Waals surface area contributed by atoms with E-state index in [9.17, 15) is 19.7 Å². The van der Waals surface area contributed by atoms with Crippen LogP contribution < -0.4 is 5.32 Å². The molecular formula is C15H12N2O5. The van der Waals surface area contributed by atoms with Crippen molar-refractivity contribution in [3.05, 3.63) is 69.8 Å². The van der Waals surface area contributed by atoms with Crippen molar-refractivity contribution in [3.8, 4) is 0 Å². The van der Waals surface area contributed by atoms with Crippen LogP contribution in [0.1, 0.15) is 15.9 Å². The summed E-state index contributed by atoms with van der Waals surface area (Å²) in [5, 5.41) is 13.2. The summed E-state index contributed by atoms with van der Waals surface area (Å²) in [7, 11) is 0. The van der Waals surface area contributed by atoms with Gasteiger partial charge in [-0.15, -0.1) is 0 Å². The summed E-state index contributed by atoms with van der Waals surface area (Å²) in [6.45, 7) is 0.0485. The van der Waals surface area contributed by atoms with Gasteiger partial charge in [-0.1, -0.05) is 30.3 Å². The van der Waals surface area contributed by atoms with Crippen LogP contribution in [0, 0.1) is 10.1 Å². The largest absolute Gasteiger partial charge is 0.444 e. The number of nitrogens with zero attached hydrogens (tertiary/aromatic N) is 1. The summed E-state index contributed by atoms with van der Waals surface area (Å²) in [5.41, 5.74) is 0.535. The lowest BCUT2D eigenvalue weighted by molar-refractivity contribution is -0.383. The molecule has 2 aromatic rings. The first-order valence-corrected chi connectivity index (χ1v) is 6.31. The maximum atomic E-state index is 11.7. The topological polar surface area (TPSA) is 98.5 Å². The highest BCUT2D eigenvalue weighted by atomic mass is 16.6. The van der Waals surface area contributed by atoms with Crippen LogP contribution in [-0.4, -0.2) is 17.3 Å². The number of ether oxygens (including phenoxy) is 1. The van der Waals surface area contributed by atoms with E-state index in [0.717, 1.165) is 11.6 Å². The quantitative estimate of drug-likeness (QED) is 0.519. The second-order valence-electron chi connectivity index (χ2n) is 4.34. The molecule has 0 fully saturated rings. The Bertz CT molecular complexity index is 700. The highest BCUT2D eigenvalue weighted by molar-refractivity contribution is 5.89. The van der Waals surface area contributed by atoms with E-state index in [1.807, 2.05) is 6.07 Å². The number of amides is 1. The Kier molecular flexibility index (Phi) is 4.81. The van der Waals surface area contributed by atoms with Gasteiger partial charge in [0.05, 0.1) is 4.92 Å². The number of aldehydes is 1. The van der Waals surface area contributed by atoms with Gasteiger partial charge in [-0.3, -0.25) is 20.2 Å². The molecule has 0 saturated carbocycles. The molecule has 1 amide bonds. The number of nitro groups is 1. The highest BCUT2D eigenvalue weighted by Gasteiger charge is 2.17. The molecule has 0 aliphatic carbocycles. The van der Waals surface area contributed by atoms with Crippen molar-refractivity contribution in [2.45, 2.75) is 6.61 Å². The molecule has 112 valence electrons. The van der Waals surface area contributed by atoms with Crippen molar-refractivity contribution in [1.29, 1.82) is 0 Å². The molecule has 0 aliphatic rings. The molecule has 0 atom stereocenters. The SMILES string of the molecule is O=Cc1ccc(NC(=O)OCc2ccccc2)c([N+](=O)[O-])c1. The van der Waals surface area contributed by atoms with E-state index in [1.54, 1.807) is 24.3 Å². The molecule has 0 radical (unpaired) electrons. The van der Waals surface area contributed by atoms with Crippen molar-refractivity contribution in [1.82, 2.24) is 0 Å². The van der Waals surface area contributed by atoms with E-state index in [2.05, 4.69) is 5.32 Å². The lowest BCUT2D eigenvalue weighted by Gasteiger charge is -2.07. The summed E-state index contributed by atoms with van der Waals surface area (Å²) >= 11 is 0. The minimum Gasteiger partial charge on any atom is -0.444 e. The first kappa shape index (κ1) is 15.2. The standard InChI is InChI=1S/C15H12N2O5/c18-9-12-6-7-13(14(8-12)17(20)21)16-15(19)22-10-11-4-2-1-3-5-11/h1-9H,10H2,(H,16,19). The number of benzene rings is 2. The zero-order valence-electron chi connectivity index (χ0n) is 11.4. The van der Waals surface area contributed by atoms with Crippen LogP contribution in [-0.2, 0) is 11.3 Å². The average molecular weight is 300 g/mol. The van der Waals surface area contributed by atoms with Gasteiger partial charge in [-0.2, -0.15) is 0 Å². The van der Waals surface area contributed by atoms with Crippen molar-refractivity contribution in [2.24, 2.45) is 0 Å². The van der Waals surface area contributed by atoms with Crippen molar-refractivity contribution in [3.63, 3.8) is 0 Å². The fourth-order valence-electron chi connectivity index (χ4n) is 1.75. The number of nitro benzene ring substituents is 1. The Hall–Kier alpha value is -3.22. The number of rotatable bonds is 5. The van der Waals surface area contributed by atoms with E-state index in [1.165, 1.54) is 12.1 Å². The number of hydrogen-bond donors (Lipinski definition) is 1. The number of nitrogens with one attached hydrogen (secondary N) is 1. The van der Waals surface area contributed by atoms with Gasteiger partial charge in [0.2, 0.25) is 0 Å². The summed E-state index contributed by atoms with van der Waals surface area (Å²) in [6.07, 6.45) is -0.323. The molecule has 0 saturated heterocycles. The first-order chi connectivity index (χ1) is 10.6.